The molecule has 0 unspecified atom stereocenters. The number of aryl methyl sites for hydroxylation is 1. The van der Waals surface area contributed by atoms with Crippen LogP contribution in [0.15, 0.2) is 47.5 Å². The summed E-state index contributed by atoms with van der Waals surface area (Å²) in [7, 11) is -3.82. The van der Waals surface area contributed by atoms with Crippen molar-refractivity contribution in [3.05, 3.63) is 59.4 Å². The molecule has 1 aromatic carbocycles. The first-order chi connectivity index (χ1) is 12.8. The van der Waals surface area contributed by atoms with Gasteiger partial charge in [0.05, 0.1) is 4.90 Å². The van der Waals surface area contributed by atoms with Gasteiger partial charge in [-0.1, -0.05) is 12.1 Å². The van der Waals surface area contributed by atoms with Crippen LogP contribution in [0.4, 0.5) is 0 Å². The standard InChI is InChI=1S/C17H19ClN4O4S/c1-12-5-6-13(17(24)22-21-16(23)11-18)10-15(12)27(25,26)20-9-7-14-4-2-3-8-19-14/h2-6,8,10,20H,7,9,11H2,1H3,(H,21,23)(H,22,24). The van der Waals surface area contributed by atoms with Gasteiger partial charge in [-0.05, 0) is 36.8 Å². The maximum Gasteiger partial charge on any atom is 0.269 e. The Hall–Kier alpha value is -2.49. The van der Waals surface area contributed by atoms with Gasteiger partial charge in [-0.15, -0.1) is 11.6 Å². The molecule has 1 heterocycles. The molecule has 2 amide bonds. The molecule has 0 aliphatic rings. The molecule has 0 saturated heterocycles. The monoisotopic (exact) mass is 410 g/mol. The summed E-state index contributed by atoms with van der Waals surface area (Å²) in [5.74, 6) is -1.55. The maximum absolute atomic E-state index is 12.6. The third-order valence-electron chi connectivity index (χ3n) is 3.58. The Morgan fingerprint density at radius 2 is 1.93 bits per heavy atom. The van der Waals surface area contributed by atoms with Crippen LogP contribution in [0.2, 0.25) is 0 Å². The van der Waals surface area contributed by atoms with Crippen molar-refractivity contribution >= 4 is 33.4 Å². The smallest absolute Gasteiger partial charge is 0.269 e. The molecule has 0 aliphatic carbocycles. The lowest BCUT2D eigenvalue weighted by molar-refractivity contribution is -0.119. The molecule has 0 aliphatic heterocycles. The number of alkyl halides is 1. The molecule has 0 bridgehead atoms. The van der Waals surface area contributed by atoms with Crippen molar-refractivity contribution in [1.29, 1.82) is 0 Å². The third kappa shape index (κ3) is 6.02. The molecule has 2 rings (SSSR count). The van der Waals surface area contributed by atoms with Crippen LogP contribution < -0.4 is 15.6 Å². The summed E-state index contributed by atoms with van der Waals surface area (Å²) in [6.07, 6.45) is 2.07. The van der Waals surface area contributed by atoms with Gasteiger partial charge in [0, 0.05) is 30.4 Å². The largest absolute Gasteiger partial charge is 0.272 e. The molecule has 1 aromatic heterocycles. The summed E-state index contributed by atoms with van der Waals surface area (Å²) >= 11 is 5.32. The molecular weight excluding hydrogens is 392 g/mol. The fourth-order valence-corrected chi connectivity index (χ4v) is 3.57. The number of carbonyl (C=O) groups excluding carboxylic acids is 2. The van der Waals surface area contributed by atoms with Crippen LogP contribution >= 0.6 is 11.6 Å². The number of hydrazine groups is 1. The molecule has 27 heavy (non-hydrogen) atoms. The predicted octanol–water partition coefficient (Wildman–Crippen LogP) is 0.911. The summed E-state index contributed by atoms with van der Waals surface area (Å²) in [6.45, 7) is 1.80. The lowest BCUT2D eigenvalue weighted by Gasteiger charge is -2.11. The Balaban J connectivity index is 2.08. The number of nitrogens with zero attached hydrogens (tertiary/aromatic N) is 1. The van der Waals surface area contributed by atoms with Crippen LogP contribution in [0.25, 0.3) is 0 Å². The lowest BCUT2D eigenvalue weighted by Crippen LogP contribution is -2.42. The summed E-state index contributed by atoms with van der Waals surface area (Å²) in [6, 6.07) is 9.64. The Morgan fingerprint density at radius 1 is 1.15 bits per heavy atom. The van der Waals surface area contributed by atoms with Gasteiger partial charge < -0.3 is 0 Å². The number of amides is 2. The van der Waals surface area contributed by atoms with Gasteiger partial charge in [0.2, 0.25) is 10.0 Å². The molecule has 3 N–H and O–H groups in total. The zero-order chi connectivity index (χ0) is 19.9. The fourth-order valence-electron chi connectivity index (χ4n) is 2.20. The second kappa shape index (κ2) is 9.45. The van der Waals surface area contributed by atoms with E-state index >= 15 is 0 Å². The van der Waals surface area contributed by atoms with E-state index in [1.54, 1.807) is 25.3 Å². The van der Waals surface area contributed by atoms with Crippen LogP contribution in [-0.2, 0) is 21.2 Å². The highest BCUT2D eigenvalue weighted by Gasteiger charge is 2.19. The number of hydrogen-bond acceptors (Lipinski definition) is 5. The maximum atomic E-state index is 12.6. The van der Waals surface area contributed by atoms with Gasteiger partial charge in [0.15, 0.2) is 0 Å². The average Bonchev–Trinajstić information content (AvgIpc) is 2.66. The van der Waals surface area contributed by atoms with Crippen molar-refractivity contribution in [3.8, 4) is 0 Å². The lowest BCUT2D eigenvalue weighted by atomic mass is 10.1. The molecule has 0 spiro atoms. The van der Waals surface area contributed by atoms with E-state index in [0.29, 0.717) is 12.0 Å². The molecule has 0 fully saturated rings. The van der Waals surface area contributed by atoms with E-state index in [0.717, 1.165) is 5.69 Å². The van der Waals surface area contributed by atoms with Crippen LogP contribution in [-0.4, -0.2) is 37.6 Å². The number of benzene rings is 1. The van der Waals surface area contributed by atoms with E-state index in [4.69, 9.17) is 11.6 Å². The first-order valence-electron chi connectivity index (χ1n) is 7.99. The Kier molecular flexibility index (Phi) is 7.28. The average molecular weight is 411 g/mol. The molecule has 144 valence electrons. The van der Waals surface area contributed by atoms with Crippen LogP contribution in [0, 0.1) is 6.92 Å². The molecule has 10 heteroatoms. The van der Waals surface area contributed by atoms with Crippen molar-refractivity contribution in [2.75, 3.05) is 12.4 Å². The number of pyridine rings is 1. The molecular formula is C17H19ClN4O4S. The minimum absolute atomic E-state index is 0.0140. The van der Waals surface area contributed by atoms with Crippen molar-refractivity contribution in [2.45, 2.75) is 18.2 Å². The number of carbonyl (C=O) groups is 2. The van der Waals surface area contributed by atoms with Gasteiger partial charge in [-0.25, -0.2) is 13.1 Å². The van der Waals surface area contributed by atoms with E-state index in [-0.39, 0.29) is 22.9 Å². The Labute approximate surface area is 162 Å². The molecule has 0 radical (unpaired) electrons. The number of sulfonamides is 1. The first kappa shape index (κ1) is 20.8. The van der Waals surface area contributed by atoms with Gasteiger partial charge in [0.1, 0.15) is 5.88 Å². The van der Waals surface area contributed by atoms with E-state index in [2.05, 4.69) is 20.6 Å². The summed E-state index contributed by atoms with van der Waals surface area (Å²) in [4.78, 5) is 27.3. The van der Waals surface area contributed by atoms with Crippen LogP contribution in [0.3, 0.4) is 0 Å². The highest BCUT2D eigenvalue weighted by Crippen LogP contribution is 2.17. The predicted molar refractivity (Wildman–Crippen MR) is 101 cm³/mol. The van der Waals surface area contributed by atoms with E-state index in [1.165, 1.54) is 18.2 Å². The number of hydrogen-bond donors (Lipinski definition) is 3. The number of nitrogens with one attached hydrogen (secondary N) is 3. The second-order valence-corrected chi connectivity index (χ2v) is 7.59. The molecule has 0 atom stereocenters. The Bertz CT molecular complexity index is 920. The topological polar surface area (TPSA) is 117 Å². The van der Waals surface area contributed by atoms with Crippen LogP contribution in [0.1, 0.15) is 21.6 Å². The number of rotatable bonds is 7. The van der Waals surface area contributed by atoms with Gasteiger partial charge >= 0.3 is 0 Å². The van der Waals surface area contributed by atoms with Crippen molar-refractivity contribution in [3.63, 3.8) is 0 Å². The summed E-state index contributed by atoms with van der Waals surface area (Å²) in [5.41, 5.74) is 5.61. The Morgan fingerprint density at radius 3 is 2.59 bits per heavy atom. The normalized spacial score (nSPS) is 11.0. The minimum atomic E-state index is -3.82. The molecule has 2 aromatic rings. The van der Waals surface area contributed by atoms with Gasteiger partial charge in [-0.2, -0.15) is 0 Å². The van der Waals surface area contributed by atoms with E-state index in [1.807, 2.05) is 6.07 Å². The second-order valence-electron chi connectivity index (χ2n) is 5.59. The highest BCUT2D eigenvalue weighted by atomic mass is 35.5. The van der Waals surface area contributed by atoms with E-state index in [9.17, 15) is 18.0 Å². The van der Waals surface area contributed by atoms with Crippen molar-refractivity contribution < 1.29 is 18.0 Å². The van der Waals surface area contributed by atoms with Crippen molar-refractivity contribution in [2.24, 2.45) is 0 Å². The van der Waals surface area contributed by atoms with Gasteiger partial charge in [-0.3, -0.25) is 25.4 Å². The van der Waals surface area contributed by atoms with Crippen LogP contribution in [0.5, 0.6) is 0 Å². The number of halogens is 1. The SMILES string of the molecule is Cc1ccc(C(=O)NNC(=O)CCl)cc1S(=O)(=O)NCCc1ccccn1. The van der Waals surface area contributed by atoms with Crippen molar-refractivity contribution in [1.82, 2.24) is 20.6 Å². The minimum Gasteiger partial charge on any atom is -0.272 e. The summed E-state index contributed by atoms with van der Waals surface area (Å²) < 4.78 is 27.7. The first-order valence-corrected chi connectivity index (χ1v) is 10.0. The zero-order valence-electron chi connectivity index (χ0n) is 14.5. The molecule has 8 nitrogen and oxygen atoms in total. The van der Waals surface area contributed by atoms with E-state index < -0.39 is 21.8 Å². The zero-order valence-corrected chi connectivity index (χ0v) is 16.1. The van der Waals surface area contributed by atoms with Gasteiger partial charge in [0.25, 0.3) is 11.8 Å². The highest BCUT2D eigenvalue weighted by molar-refractivity contribution is 7.89. The fraction of sp³-hybridized carbons (Fsp3) is 0.235. The molecule has 0 saturated carbocycles. The third-order valence-corrected chi connectivity index (χ3v) is 5.42. The summed E-state index contributed by atoms with van der Waals surface area (Å²) in [5, 5.41) is 0. The number of aromatic nitrogens is 1. The quantitative estimate of drug-likeness (QED) is 0.463.